The number of halogens is 3. The fourth-order valence-electron chi connectivity index (χ4n) is 1.50. The maximum atomic E-state index is 12.8. The molecule has 0 bridgehead atoms. The quantitative estimate of drug-likeness (QED) is 0.907. The molecule has 1 aromatic carbocycles. The van der Waals surface area contributed by atoms with E-state index < -0.39 is 23.3 Å². The Bertz CT molecular complexity index is 611. The van der Waals surface area contributed by atoms with Gasteiger partial charge < -0.3 is 5.73 Å². The van der Waals surface area contributed by atoms with Crippen LogP contribution in [0.15, 0.2) is 36.5 Å². The van der Waals surface area contributed by atoms with Gasteiger partial charge in [0, 0.05) is 11.8 Å². The number of carbonyl (C=O) groups is 1. The first kappa shape index (κ1) is 13.0. The lowest BCUT2D eigenvalue weighted by Crippen LogP contribution is -2.21. The van der Waals surface area contributed by atoms with Crippen molar-refractivity contribution in [1.82, 2.24) is 9.97 Å². The summed E-state index contributed by atoms with van der Waals surface area (Å²) in [6.07, 6.45) is -3.97. The summed E-state index contributed by atoms with van der Waals surface area (Å²) < 4.78 is 38.4. The van der Waals surface area contributed by atoms with E-state index in [1.807, 2.05) is 0 Å². The van der Waals surface area contributed by atoms with E-state index in [0.717, 1.165) is 6.20 Å². The molecule has 98 valence electrons. The van der Waals surface area contributed by atoms with E-state index >= 15 is 0 Å². The molecular formula is C12H8F3N3O. The van der Waals surface area contributed by atoms with Crippen LogP contribution >= 0.6 is 0 Å². The van der Waals surface area contributed by atoms with Gasteiger partial charge in [0.15, 0.2) is 11.5 Å². The predicted octanol–water partition coefficient (Wildman–Crippen LogP) is 2.26. The summed E-state index contributed by atoms with van der Waals surface area (Å²) in [4.78, 5) is 18.1. The van der Waals surface area contributed by atoms with Crippen molar-refractivity contribution in [3.8, 4) is 11.4 Å². The van der Waals surface area contributed by atoms with Crippen molar-refractivity contribution in [2.24, 2.45) is 5.73 Å². The lowest BCUT2D eigenvalue weighted by atomic mass is 10.1. The maximum Gasteiger partial charge on any atom is 0.434 e. The van der Waals surface area contributed by atoms with Crippen LogP contribution < -0.4 is 5.73 Å². The smallest absolute Gasteiger partial charge is 0.365 e. The van der Waals surface area contributed by atoms with Crippen LogP contribution in [0, 0.1) is 0 Å². The van der Waals surface area contributed by atoms with Crippen molar-refractivity contribution in [3.05, 3.63) is 47.8 Å². The molecule has 4 nitrogen and oxygen atoms in total. The van der Waals surface area contributed by atoms with Gasteiger partial charge in [-0.15, -0.1) is 0 Å². The van der Waals surface area contributed by atoms with Crippen molar-refractivity contribution in [1.29, 1.82) is 0 Å². The lowest BCUT2D eigenvalue weighted by molar-refractivity contribution is -0.141. The highest BCUT2D eigenvalue weighted by molar-refractivity contribution is 5.93. The van der Waals surface area contributed by atoms with E-state index in [1.54, 1.807) is 30.3 Å². The van der Waals surface area contributed by atoms with E-state index in [0.29, 0.717) is 5.56 Å². The number of hydrogen-bond donors (Lipinski definition) is 1. The van der Waals surface area contributed by atoms with Gasteiger partial charge in [0.2, 0.25) is 0 Å². The second-order valence-electron chi connectivity index (χ2n) is 3.68. The van der Waals surface area contributed by atoms with Crippen molar-refractivity contribution in [2.45, 2.75) is 6.18 Å². The minimum Gasteiger partial charge on any atom is -0.365 e. The minimum absolute atomic E-state index is 0.113. The highest BCUT2D eigenvalue weighted by Crippen LogP contribution is 2.31. The van der Waals surface area contributed by atoms with E-state index in [4.69, 9.17) is 5.73 Å². The maximum absolute atomic E-state index is 12.8. The van der Waals surface area contributed by atoms with Crippen LogP contribution in [-0.4, -0.2) is 15.9 Å². The highest BCUT2D eigenvalue weighted by atomic mass is 19.4. The first-order chi connectivity index (χ1) is 8.89. The van der Waals surface area contributed by atoms with E-state index in [9.17, 15) is 18.0 Å². The van der Waals surface area contributed by atoms with E-state index in [1.165, 1.54) is 0 Å². The van der Waals surface area contributed by atoms with Crippen molar-refractivity contribution in [2.75, 3.05) is 0 Å². The lowest BCUT2D eigenvalue weighted by Gasteiger charge is -2.10. The Morgan fingerprint density at radius 1 is 1.16 bits per heavy atom. The normalized spacial score (nSPS) is 11.3. The number of primary amides is 1. The van der Waals surface area contributed by atoms with Crippen molar-refractivity contribution >= 4 is 5.91 Å². The molecule has 0 fully saturated rings. The number of nitrogens with zero attached hydrogens (tertiary/aromatic N) is 2. The molecule has 1 amide bonds. The third kappa shape index (κ3) is 2.70. The number of nitrogens with two attached hydrogens (primary N) is 1. The minimum atomic E-state index is -4.77. The van der Waals surface area contributed by atoms with Gasteiger partial charge in [-0.3, -0.25) is 4.79 Å². The molecule has 0 aliphatic heterocycles. The fraction of sp³-hybridized carbons (Fsp3) is 0.0833. The molecule has 7 heteroatoms. The van der Waals surface area contributed by atoms with Gasteiger partial charge in [-0.1, -0.05) is 30.3 Å². The Labute approximate surface area is 106 Å². The van der Waals surface area contributed by atoms with Crippen LogP contribution in [0.25, 0.3) is 11.4 Å². The van der Waals surface area contributed by atoms with Crippen LogP contribution in [0.1, 0.15) is 16.1 Å². The SMILES string of the molecule is NC(=O)c1cnc(-c2ccccc2)nc1C(F)(F)F. The molecule has 0 atom stereocenters. The zero-order chi connectivity index (χ0) is 14.0. The first-order valence-electron chi connectivity index (χ1n) is 5.19. The fourth-order valence-corrected chi connectivity index (χ4v) is 1.50. The molecule has 19 heavy (non-hydrogen) atoms. The molecule has 2 rings (SSSR count). The molecule has 0 aliphatic carbocycles. The summed E-state index contributed by atoms with van der Waals surface area (Å²) in [7, 11) is 0. The second kappa shape index (κ2) is 4.68. The average molecular weight is 267 g/mol. The standard InChI is InChI=1S/C12H8F3N3O/c13-12(14,15)9-8(10(16)19)6-17-11(18-9)7-4-2-1-3-5-7/h1-6H,(H2,16,19). The van der Waals surface area contributed by atoms with Crippen molar-refractivity contribution in [3.63, 3.8) is 0 Å². The Balaban J connectivity index is 2.60. The van der Waals surface area contributed by atoms with Crippen LogP contribution in [0.3, 0.4) is 0 Å². The number of aromatic nitrogens is 2. The van der Waals surface area contributed by atoms with Crippen LogP contribution in [0.4, 0.5) is 13.2 Å². The van der Waals surface area contributed by atoms with Gasteiger partial charge in [0.25, 0.3) is 5.91 Å². The molecule has 0 aliphatic rings. The molecule has 0 unspecified atom stereocenters. The third-order valence-corrected chi connectivity index (χ3v) is 2.35. The summed E-state index contributed by atoms with van der Waals surface area (Å²) in [6, 6.07) is 8.15. The van der Waals surface area contributed by atoms with Gasteiger partial charge >= 0.3 is 6.18 Å². The number of rotatable bonds is 2. The summed E-state index contributed by atoms with van der Waals surface area (Å²) in [5.74, 6) is -1.33. The molecule has 2 aromatic rings. The topological polar surface area (TPSA) is 68.9 Å². The predicted molar refractivity (Wildman–Crippen MR) is 61.0 cm³/mol. The summed E-state index contributed by atoms with van der Waals surface area (Å²) in [5, 5.41) is 0. The largest absolute Gasteiger partial charge is 0.434 e. The summed E-state index contributed by atoms with van der Waals surface area (Å²) >= 11 is 0. The number of amides is 1. The van der Waals surface area contributed by atoms with Gasteiger partial charge in [-0.2, -0.15) is 13.2 Å². The number of carbonyl (C=O) groups excluding carboxylic acids is 1. The molecule has 0 radical (unpaired) electrons. The van der Waals surface area contributed by atoms with Crippen molar-refractivity contribution < 1.29 is 18.0 Å². The third-order valence-electron chi connectivity index (χ3n) is 2.35. The molecule has 2 N–H and O–H groups in total. The van der Waals surface area contributed by atoms with Gasteiger partial charge in [-0.25, -0.2) is 9.97 Å². The van der Waals surface area contributed by atoms with Gasteiger partial charge in [0.1, 0.15) is 0 Å². The average Bonchev–Trinajstić information content (AvgIpc) is 2.38. The van der Waals surface area contributed by atoms with Gasteiger partial charge in [0.05, 0.1) is 5.56 Å². The summed E-state index contributed by atoms with van der Waals surface area (Å²) in [6.45, 7) is 0. The monoisotopic (exact) mass is 267 g/mol. The Morgan fingerprint density at radius 2 is 1.79 bits per heavy atom. The Hall–Kier alpha value is -2.44. The number of benzene rings is 1. The zero-order valence-corrected chi connectivity index (χ0v) is 9.48. The second-order valence-corrected chi connectivity index (χ2v) is 3.68. The molecule has 0 saturated carbocycles. The Kier molecular flexibility index (Phi) is 3.20. The number of hydrogen-bond acceptors (Lipinski definition) is 3. The highest BCUT2D eigenvalue weighted by Gasteiger charge is 2.37. The number of alkyl halides is 3. The molecule has 0 saturated heterocycles. The molecule has 1 aromatic heterocycles. The van der Waals surface area contributed by atoms with Gasteiger partial charge in [-0.05, 0) is 0 Å². The Morgan fingerprint density at radius 3 is 2.32 bits per heavy atom. The van der Waals surface area contributed by atoms with Crippen LogP contribution in [0.5, 0.6) is 0 Å². The summed E-state index contributed by atoms with van der Waals surface area (Å²) in [5.41, 5.74) is 3.23. The zero-order valence-electron chi connectivity index (χ0n) is 9.48. The van der Waals surface area contributed by atoms with E-state index in [-0.39, 0.29) is 5.82 Å². The van der Waals surface area contributed by atoms with Crippen LogP contribution in [-0.2, 0) is 6.18 Å². The molecule has 0 spiro atoms. The molecular weight excluding hydrogens is 259 g/mol. The van der Waals surface area contributed by atoms with Crippen LogP contribution in [0.2, 0.25) is 0 Å². The van der Waals surface area contributed by atoms with E-state index in [2.05, 4.69) is 9.97 Å². The molecule has 1 heterocycles. The first-order valence-corrected chi connectivity index (χ1v) is 5.19.